The van der Waals surface area contributed by atoms with Gasteiger partial charge in [-0.2, -0.15) is 0 Å². The molecule has 2 rings (SSSR count). The van der Waals surface area contributed by atoms with Crippen molar-refractivity contribution in [2.75, 3.05) is 6.61 Å². The lowest BCUT2D eigenvalue weighted by Gasteiger charge is -2.18. The van der Waals surface area contributed by atoms with Crippen molar-refractivity contribution < 1.29 is 18.3 Å². The quantitative estimate of drug-likeness (QED) is 0.877. The number of benzene rings is 1. The van der Waals surface area contributed by atoms with Crippen LogP contribution in [0.4, 0.5) is 0 Å². The molecule has 1 aliphatic rings. The van der Waals surface area contributed by atoms with Crippen molar-refractivity contribution in [1.82, 2.24) is 4.72 Å². The van der Waals surface area contributed by atoms with Crippen LogP contribution in [0.25, 0.3) is 0 Å². The van der Waals surface area contributed by atoms with Crippen LogP contribution in [0.2, 0.25) is 0 Å². The van der Waals surface area contributed by atoms with E-state index in [2.05, 4.69) is 4.72 Å². The van der Waals surface area contributed by atoms with Crippen LogP contribution < -0.4 is 4.72 Å². The van der Waals surface area contributed by atoms with Gasteiger partial charge in [-0.1, -0.05) is 6.07 Å². The Kier molecular flexibility index (Phi) is 4.49. The largest absolute Gasteiger partial charge is 0.392 e. The molecule has 0 saturated carbocycles. The topological polar surface area (TPSA) is 75.6 Å². The first kappa shape index (κ1) is 15.4. The molecule has 2 atom stereocenters. The summed E-state index contributed by atoms with van der Waals surface area (Å²) in [4.78, 5) is 0.228. The Morgan fingerprint density at radius 2 is 2.05 bits per heavy atom. The summed E-state index contributed by atoms with van der Waals surface area (Å²) in [7, 11) is -3.60. The van der Waals surface area contributed by atoms with Gasteiger partial charge in [0, 0.05) is 6.61 Å². The lowest BCUT2D eigenvalue weighted by Crippen LogP contribution is -2.39. The molecular formula is C14H21NO4S. The van der Waals surface area contributed by atoms with Crippen LogP contribution in [0.1, 0.15) is 30.0 Å². The van der Waals surface area contributed by atoms with Crippen LogP contribution in [0.15, 0.2) is 17.0 Å². The zero-order valence-corrected chi connectivity index (χ0v) is 12.8. The van der Waals surface area contributed by atoms with E-state index in [4.69, 9.17) is 4.74 Å². The van der Waals surface area contributed by atoms with E-state index in [1.54, 1.807) is 19.1 Å². The minimum Gasteiger partial charge on any atom is -0.392 e. The molecule has 0 bridgehead atoms. The third-order valence-corrected chi connectivity index (χ3v) is 5.41. The average Bonchev–Trinajstić information content (AvgIpc) is 2.74. The number of rotatable bonds is 4. The molecule has 0 aliphatic carbocycles. The molecule has 0 amide bonds. The maximum atomic E-state index is 12.5. The Balaban J connectivity index is 2.34. The fraction of sp³-hybridized carbons (Fsp3) is 0.571. The van der Waals surface area contributed by atoms with E-state index in [0.29, 0.717) is 24.2 Å². The number of aliphatic hydroxyl groups is 1. The standard InChI is InChI=1S/C14H21NO4S/c1-9-6-10(2)14(7-12(9)8-16)20(17,18)15-13-4-5-19-11(13)3/h6-7,11,13,15-16H,4-5,8H2,1-3H3. The van der Waals surface area contributed by atoms with Crippen molar-refractivity contribution in [2.45, 2.75) is 50.8 Å². The smallest absolute Gasteiger partial charge is 0.241 e. The van der Waals surface area contributed by atoms with Gasteiger partial charge in [0.25, 0.3) is 0 Å². The minimum absolute atomic E-state index is 0.118. The first-order chi connectivity index (χ1) is 9.35. The number of ether oxygens (including phenoxy) is 1. The number of aliphatic hydroxyl groups excluding tert-OH is 1. The lowest BCUT2D eigenvalue weighted by molar-refractivity contribution is 0.117. The molecule has 2 N–H and O–H groups in total. The van der Waals surface area contributed by atoms with Crippen LogP contribution in [0.3, 0.4) is 0 Å². The van der Waals surface area contributed by atoms with Crippen LogP contribution in [0, 0.1) is 13.8 Å². The highest BCUT2D eigenvalue weighted by molar-refractivity contribution is 7.89. The van der Waals surface area contributed by atoms with E-state index in [0.717, 1.165) is 5.56 Å². The Hall–Kier alpha value is -0.950. The average molecular weight is 299 g/mol. The summed E-state index contributed by atoms with van der Waals surface area (Å²) in [5.41, 5.74) is 2.20. The molecule has 1 aromatic carbocycles. The molecule has 1 fully saturated rings. The molecule has 20 heavy (non-hydrogen) atoms. The molecule has 0 spiro atoms. The monoisotopic (exact) mass is 299 g/mol. The second-order valence-corrected chi connectivity index (χ2v) is 6.98. The Morgan fingerprint density at radius 1 is 1.35 bits per heavy atom. The van der Waals surface area contributed by atoms with E-state index in [9.17, 15) is 13.5 Å². The molecule has 5 nitrogen and oxygen atoms in total. The Labute approximate surface area is 120 Å². The molecule has 1 heterocycles. The normalized spacial score (nSPS) is 23.2. The second-order valence-electron chi connectivity index (χ2n) is 5.29. The summed E-state index contributed by atoms with van der Waals surface area (Å²) in [6.07, 6.45) is 0.561. The van der Waals surface area contributed by atoms with Gasteiger partial charge in [-0.25, -0.2) is 13.1 Å². The molecule has 0 radical (unpaired) electrons. The summed E-state index contributed by atoms with van der Waals surface area (Å²) in [6, 6.07) is 3.14. The first-order valence-electron chi connectivity index (χ1n) is 6.70. The zero-order valence-electron chi connectivity index (χ0n) is 12.0. The summed E-state index contributed by atoms with van der Waals surface area (Å²) in [5, 5.41) is 9.29. The molecular weight excluding hydrogens is 278 g/mol. The van der Waals surface area contributed by atoms with E-state index >= 15 is 0 Å². The van der Waals surface area contributed by atoms with Gasteiger partial charge in [0.1, 0.15) is 0 Å². The third kappa shape index (κ3) is 3.03. The summed E-state index contributed by atoms with van der Waals surface area (Å²) in [6.45, 7) is 5.88. The molecule has 6 heteroatoms. The number of nitrogens with one attached hydrogen (secondary N) is 1. The molecule has 0 aromatic heterocycles. The maximum absolute atomic E-state index is 12.5. The predicted molar refractivity (Wildman–Crippen MR) is 76.0 cm³/mol. The maximum Gasteiger partial charge on any atom is 0.241 e. The fourth-order valence-electron chi connectivity index (χ4n) is 2.48. The predicted octanol–water partition coefficient (Wildman–Crippen LogP) is 1.25. The van der Waals surface area contributed by atoms with E-state index in [-0.39, 0.29) is 23.6 Å². The van der Waals surface area contributed by atoms with Crippen molar-refractivity contribution in [3.05, 3.63) is 28.8 Å². The highest BCUT2D eigenvalue weighted by atomic mass is 32.2. The van der Waals surface area contributed by atoms with Crippen LogP contribution in [-0.4, -0.2) is 32.3 Å². The van der Waals surface area contributed by atoms with E-state index in [1.165, 1.54) is 0 Å². The van der Waals surface area contributed by atoms with Gasteiger partial charge in [-0.3, -0.25) is 0 Å². The number of aryl methyl sites for hydroxylation is 2. The van der Waals surface area contributed by atoms with Crippen LogP contribution in [0.5, 0.6) is 0 Å². The Morgan fingerprint density at radius 3 is 2.60 bits per heavy atom. The summed E-state index contributed by atoms with van der Waals surface area (Å²) < 4.78 is 33.0. The number of hydrogen-bond donors (Lipinski definition) is 2. The second kappa shape index (κ2) is 5.81. The first-order valence-corrected chi connectivity index (χ1v) is 8.18. The van der Waals surface area contributed by atoms with Crippen LogP contribution >= 0.6 is 0 Å². The minimum atomic E-state index is -3.60. The summed E-state index contributed by atoms with van der Waals surface area (Å²) >= 11 is 0. The van der Waals surface area contributed by atoms with Gasteiger partial charge in [-0.05, 0) is 49.9 Å². The molecule has 1 aromatic rings. The van der Waals surface area contributed by atoms with Crippen LogP contribution in [-0.2, 0) is 21.4 Å². The van der Waals surface area contributed by atoms with Gasteiger partial charge < -0.3 is 9.84 Å². The molecule has 1 aliphatic heterocycles. The van der Waals surface area contributed by atoms with Gasteiger partial charge >= 0.3 is 0 Å². The number of sulfonamides is 1. The molecule has 2 unspecified atom stereocenters. The van der Waals surface area contributed by atoms with Crippen molar-refractivity contribution in [3.63, 3.8) is 0 Å². The molecule has 1 saturated heterocycles. The van der Waals surface area contributed by atoms with Gasteiger partial charge in [-0.15, -0.1) is 0 Å². The number of hydrogen-bond acceptors (Lipinski definition) is 4. The lowest BCUT2D eigenvalue weighted by atomic mass is 10.1. The van der Waals surface area contributed by atoms with Gasteiger partial charge in [0.05, 0.1) is 23.6 Å². The molecule has 112 valence electrons. The summed E-state index contributed by atoms with van der Waals surface area (Å²) in [5.74, 6) is 0. The highest BCUT2D eigenvalue weighted by Gasteiger charge is 2.30. The van der Waals surface area contributed by atoms with Crippen molar-refractivity contribution in [3.8, 4) is 0 Å². The SMILES string of the molecule is Cc1cc(C)c(S(=O)(=O)NC2CCOC2C)cc1CO. The van der Waals surface area contributed by atoms with Crippen molar-refractivity contribution in [1.29, 1.82) is 0 Å². The fourth-order valence-corrected chi connectivity index (χ4v) is 4.10. The zero-order chi connectivity index (χ0) is 14.9. The van der Waals surface area contributed by atoms with E-state index in [1.807, 2.05) is 13.8 Å². The highest BCUT2D eigenvalue weighted by Crippen LogP contribution is 2.22. The van der Waals surface area contributed by atoms with E-state index < -0.39 is 10.0 Å². The van der Waals surface area contributed by atoms with Gasteiger partial charge in [0.15, 0.2) is 0 Å². The van der Waals surface area contributed by atoms with Gasteiger partial charge in [0.2, 0.25) is 10.0 Å². The third-order valence-electron chi connectivity index (χ3n) is 3.78. The Bertz CT molecular complexity index is 597. The van der Waals surface area contributed by atoms with Crippen molar-refractivity contribution >= 4 is 10.0 Å². The van der Waals surface area contributed by atoms with Crippen molar-refractivity contribution in [2.24, 2.45) is 0 Å².